The van der Waals surface area contributed by atoms with Crippen molar-refractivity contribution in [1.29, 1.82) is 0 Å². The van der Waals surface area contributed by atoms with Gasteiger partial charge in [-0.1, -0.05) is 78.7 Å². The number of hydrogen-bond acceptors (Lipinski definition) is 4. The molecule has 202 valence electrons. The van der Waals surface area contributed by atoms with E-state index in [2.05, 4.69) is 5.32 Å². The Balaban J connectivity index is 2.02. The number of carbonyl (C=O) groups excluding carboxylic acids is 2. The maximum atomic E-state index is 13.9. The standard InChI is InChI=1S/C28H31Cl2N3O4S/c1-3-26(28(35)31-4-2)32(16-15-21-11-7-5-8-12-21)27(34)20-33(24-18-22(29)17-23(30)19-24)38(36,37)25-13-9-6-10-14-25/h5-14,17-19,26H,3-4,15-16,20H2,1-2H3,(H,31,35). The summed E-state index contributed by atoms with van der Waals surface area (Å²) in [6.07, 6.45) is 0.859. The molecule has 1 unspecified atom stereocenters. The van der Waals surface area contributed by atoms with Crippen LogP contribution < -0.4 is 9.62 Å². The van der Waals surface area contributed by atoms with E-state index in [-0.39, 0.29) is 33.1 Å². The SMILES string of the molecule is CCNC(=O)C(CC)N(CCc1ccccc1)C(=O)CN(c1cc(Cl)cc(Cl)c1)S(=O)(=O)c1ccccc1. The number of hydrogen-bond donors (Lipinski definition) is 1. The molecule has 0 bridgehead atoms. The maximum Gasteiger partial charge on any atom is 0.264 e. The van der Waals surface area contributed by atoms with E-state index in [1.807, 2.05) is 37.3 Å². The van der Waals surface area contributed by atoms with Gasteiger partial charge in [-0.05, 0) is 55.7 Å². The van der Waals surface area contributed by atoms with Crippen molar-refractivity contribution in [2.45, 2.75) is 37.6 Å². The molecule has 0 saturated carbocycles. The van der Waals surface area contributed by atoms with Gasteiger partial charge in [-0.2, -0.15) is 0 Å². The fraction of sp³-hybridized carbons (Fsp3) is 0.286. The highest BCUT2D eigenvalue weighted by atomic mass is 35.5. The van der Waals surface area contributed by atoms with Crippen molar-refractivity contribution < 1.29 is 18.0 Å². The van der Waals surface area contributed by atoms with Crippen LogP contribution in [-0.2, 0) is 26.0 Å². The molecule has 1 N–H and O–H groups in total. The highest BCUT2D eigenvalue weighted by molar-refractivity contribution is 7.92. The molecule has 0 aliphatic carbocycles. The molecule has 2 amide bonds. The van der Waals surface area contributed by atoms with Crippen LogP contribution in [0.1, 0.15) is 25.8 Å². The van der Waals surface area contributed by atoms with Crippen LogP contribution in [0.25, 0.3) is 0 Å². The minimum Gasteiger partial charge on any atom is -0.355 e. The number of likely N-dealkylation sites (N-methyl/N-ethyl adjacent to an activating group) is 1. The Kier molecular flexibility index (Phi) is 10.6. The zero-order valence-corrected chi connectivity index (χ0v) is 23.6. The van der Waals surface area contributed by atoms with Gasteiger partial charge in [0.2, 0.25) is 11.8 Å². The quantitative estimate of drug-likeness (QED) is 0.322. The Morgan fingerprint density at radius 1 is 0.895 bits per heavy atom. The minimum atomic E-state index is -4.18. The summed E-state index contributed by atoms with van der Waals surface area (Å²) in [5.74, 6) is -0.811. The summed E-state index contributed by atoms with van der Waals surface area (Å²) in [5, 5.41) is 3.24. The summed E-state index contributed by atoms with van der Waals surface area (Å²) in [6, 6.07) is 21.0. The number of nitrogens with zero attached hydrogens (tertiary/aromatic N) is 2. The molecular weight excluding hydrogens is 545 g/mol. The molecule has 7 nitrogen and oxygen atoms in total. The summed E-state index contributed by atoms with van der Waals surface area (Å²) in [6.45, 7) is 3.72. The van der Waals surface area contributed by atoms with Crippen molar-refractivity contribution in [3.63, 3.8) is 0 Å². The van der Waals surface area contributed by atoms with E-state index in [1.165, 1.54) is 35.2 Å². The third kappa shape index (κ3) is 7.49. The highest BCUT2D eigenvalue weighted by Gasteiger charge is 2.33. The van der Waals surface area contributed by atoms with Gasteiger partial charge in [0.05, 0.1) is 10.6 Å². The van der Waals surface area contributed by atoms with Crippen LogP contribution in [0.3, 0.4) is 0 Å². The number of rotatable bonds is 12. The van der Waals surface area contributed by atoms with E-state index in [4.69, 9.17) is 23.2 Å². The van der Waals surface area contributed by atoms with Gasteiger partial charge in [-0.15, -0.1) is 0 Å². The van der Waals surface area contributed by atoms with Crippen LogP contribution in [-0.4, -0.2) is 50.8 Å². The molecule has 0 radical (unpaired) electrons. The molecule has 3 rings (SSSR count). The van der Waals surface area contributed by atoms with E-state index < -0.39 is 28.5 Å². The van der Waals surface area contributed by atoms with Gasteiger partial charge in [-0.25, -0.2) is 8.42 Å². The van der Waals surface area contributed by atoms with E-state index in [0.717, 1.165) is 9.87 Å². The molecule has 0 aliphatic heterocycles. The van der Waals surface area contributed by atoms with Crippen molar-refractivity contribution in [3.05, 3.63) is 94.5 Å². The van der Waals surface area contributed by atoms with Gasteiger partial charge in [-0.3, -0.25) is 13.9 Å². The molecule has 0 spiro atoms. The third-order valence-corrected chi connectivity index (χ3v) is 8.19. The number of nitrogens with one attached hydrogen (secondary N) is 1. The topological polar surface area (TPSA) is 86.8 Å². The molecule has 0 aliphatic rings. The average molecular weight is 577 g/mol. The van der Waals surface area contributed by atoms with E-state index in [0.29, 0.717) is 19.4 Å². The minimum absolute atomic E-state index is 0.00972. The molecule has 0 saturated heterocycles. The van der Waals surface area contributed by atoms with Crippen molar-refractivity contribution >= 4 is 50.7 Å². The average Bonchev–Trinajstić information content (AvgIpc) is 2.90. The second kappa shape index (κ2) is 13.6. The molecule has 0 fully saturated rings. The van der Waals surface area contributed by atoms with Crippen LogP contribution in [0.5, 0.6) is 0 Å². The highest BCUT2D eigenvalue weighted by Crippen LogP contribution is 2.30. The number of anilines is 1. The normalized spacial score (nSPS) is 12.0. The van der Waals surface area contributed by atoms with Crippen LogP contribution in [0.4, 0.5) is 5.69 Å². The van der Waals surface area contributed by atoms with Gasteiger partial charge in [0.1, 0.15) is 12.6 Å². The summed E-state index contributed by atoms with van der Waals surface area (Å²) < 4.78 is 28.5. The predicted molar refractivity (Wildman–Crippen MR) is 152 cm³/mol. The number of sulfonamides is 1. The Bertz CT molecular complexity index is 1320. The lowest BCUT2D eigenvalue weighted by Gasteiger charge is -2.33. The molecule has 38 heavy (non-hydrogen) atoms. The van der Waals surface area contributed by atoms with E-state index >= 15 is 0 Å². The number of benzene rings is 3. The summed E-state index contributed by atoms with van der Waals surface area (Å²) in [5.41, 5.74) is 1.14. The van der Waals surface area contributed by atoms with Gasteiger partial charge < -0.3 is 10.2 Å². The zero-order chi connectivity index (χ0) is 27.7. The number of amides is 2. The number of halogens is 2. The monoisotopic (exact) mass is 575 g/mol. The first-order chi connectivity index (χ1) is 18.2. The van der Waals surface area contributed by atoms with Crippen molar-refractivity contribution in [2.24, 2.45) is 0 Å². The summed E-state index contributed by atoms with van der Waals surface area (Å²) >= 11 is 12.4. The maximum absolute atomic E-state index is 13.9. The Morgan fingerprint density at radius 3 is 2.03 bits per heavy atom. The Hall–Kier alpha value is -3.07. The van der Waals surface area contributed by atoms with Gasteiger partial charge >= 0.3 is 0 Å². The van der Waals surface area contributed by atoms with Gasteiger partial charge in [0.15, 0.2) is 0 Å². The first-order valence-electron chi connectivity index (χ1n) is 12.3. The summed E-state index contributed by atoms with van der Waals surface area (Å²) in [7, 11) is -4.18. The van der Waals surface area contributed by atoms with Crippen molar-refractivity contribution in [3.8, 4) is 0 Å². The van der Waals surface area contributed by atoms with Crippen LogP contribution in [0.2, 0.25) is 10.0 Å². The molecule has 0 aromatic heterocycles. The smallest absolute Gasteiger partial charge is 0.264 e. The van der Waals surface area contributed by atoms with E-state index in [1.54, 1.807) is 25.1 Å². The molecule has 3 aromatic rings. The van der Waals surface area contributed by atoms with E-state index in [9.17, 15) is 18.0 Å². The Labute approximate surface area is 234 Å². The first kappa shape index (κ1) is 29.5. The van der Waals surface area contributed by atoms with Gasteiger partial charge in [0, 0.05) is 23.1 Å². The second-order valence-corrected chi connectivity index (χ2v) is 11.3. The molecule has 3 aromatic carbocycles. The van der Waals surface area contributed by atoms with Crippen molar-refractivity contribution in [2.75, 3.05) is 23.9 Å². The zero-order valence-electron chi connectivity index (χ0n) is 21.3. The second-order valence-electron chi connectivity index (χ2n) is 8.59. The molecule has 0 heterocycles. The lowest BCUT2D eigenvalue weighted by Crippen LogP contribution is -2.53. The lowest BCUT2D eigenvalue weighted by molar-refractivity contribution is -0.139. The lowest BCUT2D eigenvalue weighted by atomic mass is 10.1. The van der Waals surface area contributed by atoms with Crippen LogP contribution in [0, 0.1) is 0 Å². The van der Waals surface area contributed by atoms with Crippen LogP contribution in [0.15, 0.2) is 83.8 Å². The van der Waals surface area contributed by atoms with Crippen LogP contribution >= 0.6 is 23.2 Å². The number of carbonyl (C=O) groups is 2. The molecule has 1 atom stereocenters. The summed E-state index contributed by atoms with van der Waals surface area (Å²) in [4.78, 5) is 28.3. The third-order valence-electron chi connectivity index (χ3n) is 5.97. The predicted octanol–water partition coefficient (Wildman–Crippen LogP) is 5.17. The molecular formula is C28H31Cl2N3O4S. The fourth-order valence-electron chi connectivity index (χ4n) is 4.12. The first-order valence-corrected chi connectivity index (χ1v) is 14.5. The largest absolute Gasteiger partial charge is 0.355 e. The molecule has 10 heteroatoms. The fourth-order valence-corrected chi connectivity index (χ4v) is 6.05. The van der Waals surface area contributed by atoms with Crippen molar-refractivity contribution in [1.82, 2.24) is 10.2 Å². The Morgan fingerprint density at radius 2 is 1.47 bits per heavy atom. The van der Waals surface area contributed by atoms with Gasteiger partial charge in [0.25, 0.3) is 10.0 Å².